The molecule has 0 saturated heterocycles. The minimum absolute atomic E-state index is 0.00246. The summed E-state index contributed by atoms with van der Waals surface area (Å²) in [5.41, 5.74) is 0. The molecule has 0 aromatic rings. The van der Waals surface area contributed by atoms with E-state index < -0.39 is 19.9 Å². The predicted molar refractivity (Wildman–Crippen MR) is 258 cm³/mol. The first-order chi connectivity index (χ1) is 29.6. The molecule has 0 radical (unpaired) electrons. The van der Waals surface area contributed by atoms with Crippen LogP contribution >= 0.6 is 7.82 Å². The van der Waals surface area contributed by atoms with E-state index >= 15 is 0 Å². The third-order valence-corrected chi connectivity index (χ3v) is 9.99. The third-order valence-electron chi connectivity index (χ3n) is 9.02. The summed E-state index contributed by atoms with van der Waals surface area (Å²) in [5, 5.41) is 0. The lowest BCUT2D eigenvalue weighted by molar-refractivity contribution is -0.870. The first-order valence-corrected chi connectivity index (χ1v) is 24.7. The lowest BCUT2D eigenvalue weighted by Gasteiger charge is -2.28. The molecule has 0 aromatic heterocycles. The van der Waals surface area contributed by atoms with Gasteiger partial charge in [0.25, 0.3) is 7.82 Å². The van der Waals surface area contributed by atoms with Crippen LogP contribution < -0.4 is 4.89 Å². The minimum Gasteiger partial charge on any atom is -0.756 e. The second-order valence-electron chi connectivity index (χ2n) is 16.0. The number of ether oxygens (including phenoxy) is 2. The van der Waals surface area contributed by atoms with E-state index in [4.69, 9.17) is 18.5 Å². The van der Waals surface area contributed by atoms with Crippen LogP contribution in [-0.4, -0.2) is 70.7 Å². The molecule has 0 aliphatic carbocycles. The van der Waals surface area contributed by atoms with E-state index in [0.717, 1.165) is 89.9 Å². The molecule has 0 aliphatic rings. The fourth-order valence-corrected chi connectivity index (χ4v) is 6.23. The van der Waals surface area contributed by atoms with E-state index in [1.165, 1.54) is 25.7 Å². The average Bonchev–Trinajstić information content (AvgIpc) is 3.22. The van der Waals surface area contributed by atoms with E-state index in [1.807, 2.05) is 33.3 Å². The Morgan fingerprint density at radius 3 is 1.34 bits per heavy atom. The summed E-state index contributed by atoms with van der Waals surface area (Å²) in [6, 6.07) is 0. The highest BCUT2D eigenvalue weighted by Gasteiger charge is 2.20. The number of esters is 1. The average molecular weight is 868 g/mol. The smallest absolute Gasteiger partial charge is 0.306 e. The van der Waals surface area contributed by atoms with Crippen LogP contribution in [-0.2, 0) is 27.9 Å². The molecular formula is C52H86NO7P. The van der Waals surface area contributed by atoms with Crippen molar-refractivity contribution in [2.75, 3.05) is 54.1 Å². The molecule has 0 amide bonds. The van der Waals surface area contributed by atoms with Crippen LogP contribution in [0.25, 0.3) is 0 Å². The van der Waals surface area contributed by atoms with Crippen LogP contribution in [0.4, 0.5) is 0 Å². The summed E-state index contributed by atoms with van der Waals surface area (Å²) >= 11 is 0. The van der Waals surface area contributed by atoms with Crippen molar-refractivity contribution in [2.45, 2.75) is 148 Å². The topological polar surface area (TPSA) is 94.1 Å². The van der Waals surface area contributed by atoms with Crippen molar-refractivity contribution in [3.8, 4) is 0 Å². The Kier molecular flexibility index (Phi) is 41.3. The molecule has 0 aliphatic heterocycles. The number of phosphoric acid groups is 1. The van der Waals surface area contributed by atoms with Crippen LogP contribution in [0, 0.1) is 0 Å². The molecule has 2 atom stereocenters. The summed E-state index contributed by atoms with van der Waals surface area (Å²) in [4.78, 5) is 25.1. The van der Waals surface area contributed by atoms with E-state index in [2.05, 4.69) is 123 Å². The Balaban J connectivity index is 4.38. The highest BCUT2D eigenvalue weighted by atomic mass is 31.2. The maximum Gasteiger partial charge on any atom is 0.306 e. The Labute approximate surface area is 373 Å². The number of hydrogen-bond donors (Lipinski definition) is 0. The van der Waals surface area contributed by atoms with Gasteiger partial charge in [0, 0.05) is 13.0 Å². The molecule has 346 valence electrons. The van der Waals surface area contributed by atoms with Gasteiger partial charge in [-0.1, -0.05) is 167 Å². The normalized spacial score (nSPS) is 14.8. The van der Waals surface area contributed by atoms with Crippen molar-refractivity contribution in [3.05, 3.63) is 122 Å². The zero-order valence-electron chi connectivity index (χ0n) is 39.1. The van der Waals surface area contributed by atoms with Crippen molar-refractivity contribution in [2.24, 2.45) is 0 Å². The van der Waals surface area contributed by atoms with Gasteiger partial charge in [-0.05, 0) is 89.9 Å². The molecule has 0 rings (SSSR count). The highest BCUT2D eigenvalue weighted by Crippen LogP contribution is 2.38. The monoisotopic (exact) mass is 868 g/mol. The fraction of sp³-hybridized carbons (Fsp3) is 0.596. The summed E-state index contributed by atoms with van der Waals surface area (Å²) in [6.45, 7) is 5.01. The second kappa shape index (κ2) is 43.5. The van der Waals surface area contributed by atoms with Gasteiger partial charge >= 0.3 is 5.97 Å². The minimum atomic E-state index is -4.56. The standard InChI is InChI=1S/C52H86NO7P/c1-6-8-10-12-14-16-18-20-22-24-26-28-30-32-34-36-38-40-42-44-47-57-49-51(50-59-61(55,56)58-48-46-53(3,4)5)60-52(54)45-43-41-39-37-35-33-31-29-27-25-23-21-19-17-15-13-11-9-7-2/h8-11,14-17,20-23,26-29,33,35,39,41,51H,6-7,12-13,18-19,24-25,30-32,34,36-38,40,42-50H2,1-5H3/b10-8-,11-9-,16-14-,17-15-,22-20-,23-21-,28-26-,29-27-,35-33-,41-39-. The van der Waals surface area contributed by atoms with Crippen molar-refractivity contribution < 1.29 is 37.3 Å². The Hall–Kier alpha value is -3.10. The van der Waals surface area contributed by atoms with Crippen molar-refractivity contribution in [1.29, 1.82) is 0 Å². The SMILES string of the molecule is CC/C=C\C/C=C\C/C=C\C/C=C\C/C=C\C/C=C\CCC(=O)OC(COCCCCCCCCC/C=C\C/C=C\C/C=C\C/C=C\CC)COP(=O)([O-])OCC[N+](C)(C)C. The molecule has 0 N–H and O–H groups in total. The van der Waals surface area contributed by atoms with Gasteiger partial charge in [-0.3, -0.25) is 9.36 Å². The second-order valence-corrected chi connectivity index (χ2v) is 17.4. The first kappa shape index (κ1) is 57.9. The fourth-order valence-electron chi connectivity index (χ4n) is 5.50. The number of allylic oxidation sites excluding steroid dienone is 20. The molecule has 0 fully saturated rings. The van der Waals surface area contributed by atoms with E-state index in [1.54, 1.807) is 0 Å². The number of quaternary nitrogens is 1. The maximum atomic E-state index is 12.7. The molecule has 0 saturated carbocycles. The molecule has 9 heteroatoms. The molecule has 0 spiro atoms. The lowest BCUT2D eigenvalue weighted by Crippen LogP contribution is -2.37. The summed E-state index contributed by atoms with van der Waals surface area (Å²) in [6.07, 6.45) is 62.3. The van der Waals surface area contributed by atoms with Gasteiger partial charge in [0.1, 0.15) is 19.3 Å². The molecule has 2 unspecified atom stereocenters. The number of phosphoric ester groups is 1. The largest absolute Gasteiger partial charge is 0.756 e. The number of rotatable bonds is 41. The van der Waals surface area contributed by atoms with Crippen LogP contribution in [0.3, 0.4) is 0 Å². The number of carbonyl (C=O) groups is 1. The molecule has 61 heavy (non-hydrogen) atoms. The Bertz CT molecular complexity index is 1380. The van der Waals surface area contributed by atoms with Crippen molar-refractivity contribution >= 4 is 13.8 Å². The summed E-state index contributed by atoms with van der Waals surface area (Å²) in [7, 11) is 1.28. The highest BCUT2D eigenvalue weighted by molar-refractivity contribution is 7.45. The maximum absolute atomic E-state index is 12.7. The zero-order valence-corrected chi connectivity index (χ0v) is 39.9. The molecule has 0 bridgehead atoms. The van der Waals surface area contributed by atoms with Gasteiger partial charge in [0.15, 0.2) is 0 Å². The van der Waals surface area contributed by atoms with Gasteiger partial charge in [0.05, 0.1) is 34.4 Å². The molecular weight excluding hydrogens is 782 g/mol. The number of likely N-dealkylation sites (N-methyl/N-ethyl adjacent to an activating group) is 1. The first-order valence-electron chi connectivity index (χ1n) is 23.3. The van der Waals surface area contributed by atoms with Crippen LogP contribution in [0.1, 0.15) is 142 Å². The quantitative estimate of drug-likeness (QED) is 0.0199. The van der Waals surface area contributed by atoms with Crippen molar-refractivity contribution in [1.82, 2.24) is 0 Å². The number of carbonyl (C=O) groups excluding carboxylic acids is 1. The number of unbranched alkanes of at least 4 members (excludes halogenated alkanes) is 7. The molecule has 0 heterocycles. The number of nitrogens with zero attached hydrogens (tertiary/aromatic N) is 1. The number of hydrogen-bond acceptors (Lipinski definition) is 7. The van der Waals surface area contributed by atoms with Gasteiger partial charge < -0.3 is 27.9 Å². The predicted octanol–water partition coefficient (Wildman–Crippen LogP) is 13.5. The van der Waals surface area contributed by atoms with Gasteiger partial charge in [-0.15, -0.1) is 0 Å². The van der Waals surface area contributed by atoms with Crippen LogP contribution in [0.15, 0.2) is 122 Å². The van der Waals surface area contributed by atoms with E-state index in [9.17, 15) is 14.3 Å². The van der Waals surface area contributed by atoms with E-state index in [0.29, 0.717) is 24.1 Å². The zero-order chi connectivity index (χ0) is 44.8. The Morgan fingerprint density at radius 1 is 0.508 bits per heavy atom. The van der Waals surface area contributed by atoms with Crippen molar-refractivity contribution in [3.63, 3.8) is 0 Å². The third kappa shape index (κ3) is 47.8. The van der Waals surface area contributed by atoms with Gasteiger partial charge in [0.2, 0.25) is 0 Å². The van der Waals surface area contributed by atoms with Crippen LogP contribution in [0.2, 0.25) is 0 Å². The Morgan fingerprint density at radius 2 is 0.902 bits per heavy atom. The lowest BCUT2D eigenvalue weighted by atomic mass is 10.1. The van der Waals surface area contributed by atoms with Crippen LogP contribution in [0.5, 0.6) is 0 Å². The summed E-state index contributed by atoms with van der Waals surface area (Å²) < 4.78 is 34.5. The molecule has 0 aromatic carbocycles. The van der Waals surface area contributed by atoms with E-state index in [-0.39, 0.29) is 26.2 Å². The van der Waals surface area contributed by atoms with Gasteiger partial charge in [-0.25, -0.2) is 0 Å². The van der Waals surface area contributed by atoms with Gasteiger partial charge in [-0.2, -0.15) is 0 Å². The molecule has 8 nitrogen and oxygen atoms in total. The summed E-state index contributed by atoms with van der Waals surface area (Å²) in [5.74, 6) is -0.426.